The fourth-order valence-electron chi connectivity index (χ4n) is 1.17. The minimum atomic E-state index is 0.386. The molecule has 0 saturated heterocycles. The van der Waals surface area contributed by atoms with Crippen LogP contribution < -0.4 is 0 Å². The molecule has 0 unspecified atom stereocenters. The van der Waals surface area contributed by atoms with E-state index < -0.39 is 0 Å². The molecule has 0 radical (unpaired) electrons. The second kappa shape index (κ2) is 12.5. The van der Waals surface area contributed by atoms with E-state index in [1.807, 2.05) is 37.3 Å². The number of allylic oxidation sites excluding steroid dienone is 8. The van der Waals surface area contributed by atoms with E-state index in [1.54, 1.807) is 24.7 Å². The molecule has 2 heteroatoms. The molecule has 0 bridgehead atoms. The third kappa shape index (κ3) is 10.9. The molecule has 0 saturated carbocycles. The Hall–Kier alpha value is -1.96. The van der Waals surface area contributed by atoms with E-state index in [0.717, 1.165) is 12.1 Å². The van der Waals surface area contributed by atoms with Gasteiger partial charge in [0.15, 0.2) is 0 Å². The maximum absolute atomic E-state index is 4.27. The summed E-state index contributed by atoms with van der Waals surface area (Å²) in [5, 5.41) is 0. The highest BCUT2D eigenvalue weighted by molar-refractivity contribution is 5.71. The van der Waals surface area contributed by atoms with Gasteiger partial charge in [0, 0.05) is 18.6 Å². The zero-order valence-corrected chi connectivity index (χ0v) is 12.2. The van der Waals surface area contributed by atoms with Crippen LogP contribution in [0.2, 0.25) is 0 Å². The van der Waals surface area contributed by atoms with Crippen molar-refractivity contribution in [1.82, 2.24) is 0 Å². The molecule has 102 valence electrons. The lowest BCUT2D eigenvalue weighted by atomic mass is 10.1. The first kappa shape index (κ1) is 17.0. The lowest BCUT2D eigenvalue weighted by Crippen LogP contribution is -1.90. The number of aliphatic imine (C=N–C) groups is 2. The highest BCUT2D eigenvalue weighted by Crippen LogP contribution is 2.09. The average molecular weight is 256 g/mol. The Kier molecular flexibility index (Phi) is 11.2. The second-order valence-electron chi connectivity index (χ2n) is 4.11. The average Bonchev–Trinajstić information content (AvgIpc) is 2.39. The Morgan fingerprint density at radius 2 is 1.84 bits per heavy atom. The molecule has 0 rings (SSSR count). The second-order valence-corrected chi connectivity index (χ2v) is 4.11. The molecule has 0 N–H and O–H groups in total. The Morgan fingerprint density at radius 3 is 2.47 bits per heavy atom. The Balaban J connectivity index is 4.14. The van der Waals surface area contributed by atoms with Crippen molar-refractivity contribution >= 4 is 12.4 Å². The zero-order valence-electron chi connectivity index (χ0n) is 12.2. The molecule has 0 aromatic rings. The molecule has 0 aromatic carbocycles. The molecule has 0 atom stereocenters. The van der Waals surface area contributed by atoms with Crippen LogP contribution in [0.3, 0.4) is 0 Å². The Morgan fingerprint density at radius 1 is 1.11 bits per heavy atom. The molecule has 0 spiro atoms. The van der Waals surface area contributed by atoms with Crippen molar-refractivity contribution in [3.8, 4) is 0 Å². The summed E-state index contributed by atoms with van der Waals surface area (Å²) in [4.78, 5) is 8.49. The summed E-state index contributed by atoms with van der Waals surface area (Å²) in [6.07, 6.45) is 19.9. The largest absolute Gasteiger partial charge is 0.264 e. The smallest absolute Gasteiger partial charge is 0.0607 e. The van der Waals surface area contributed by atoms with Gasteiger partial charge in [-0.2, -0.15) is 0 Å². The van der Waals surface area contributed by atoms with Gasteiger partial charge in [-0.05, 0) is 25.3 Å². The molecule has 0 aromatic heterocycles. The van der Waals surface area contributed by atoms with E-state index in [-0.39, 0.29) is 0 Å². The molecule has 19 heavy (non-hydrogen) atoms. The highest BCUT2D eigenvalue weighted by atomic mass is 14.8. The lowest BCUT2D eigenvalue weighted by molar-refractivity contribution is 0.756. The standard InChI is InChI=1S/C17H24N2/c1-5-7-8-9-10-11-12-13-14-18-15-17(16(3)4)19-6-2/h5-10,12-16H,1,11H2,2-4H3/b8-7+,10-9+,13-12+,17-15-,18-14-,19-6-. The van der Waals surface area contributed by atoms with Gasteiger partial charge < -0.3 is 0 Å². The van der Waals surface area contributed by atoms with Crippen molar-refractivity contribution in [2.75, 3.05) is 0 Å². The van der Waals surface area contributed by atoms with E-state index in [4.69, 9.17) is 0 Å². The van der Waals surface area contributed by atoms with E-state index in [1.165, 1.54) is 0 Å². The van der Waals surface area contributed by atoms with Crippen LogP contribution in [0.1, 0.15) is 27.2 Å². The van der Waals surface area contributed by atoms with Crippen LogP contribution in [-0.4, -0.2) is 12.4 Å². The van der Waals surface area contributed by atoms with Crippen molar-refractivity contribution in [1.29, 1.82) is 0 Å². The first-order valence-electron chi connectivity index (χ1n) is 6.53. The molecule has 0 aliphatic heterocycles. The van der Waals surface area contributed by atoms with Crippen LogP contribution in [0.5, 0.6) is 0 Å². The van der Waals surface area contributed by atoms with Crippen LogP contribution in [0, 0.1) is 5.92 Å². The van der Waals surface area contributed by atoms with Crippen LogP contribution in [0.4, 0.5) is 0 Å². The lowest BCUT2D eigenvalue weighted by Gasteiger charge is -2.02. The van der Waals surface area contributed by atoms with E-state index in [0.29, 0.717) is 5.92 Å². The minimum Gasteiger partial charge on any atom is -0.264 e. The number of nitrogens with zero attached hydrogens (tertiary/aromatic N) is 2. The van der Waals surface area contributed by atoms with Crippen LogP contribution >= 0.6 is 0 Å². The molecular formula is C17H24N2. The predicted molar refractivity (Wildman–Crippen MR) is 87.8 cm³/mol. The van der Waals surface area contributed by atoms with Gasteiger partial charge >= 0.3 is 0 Å². The van der Waals surface area contributed by atoms with E-state index in [9.17, 15) is 0 Å². The summed E-state index contributed by atoms with van der Waals surface area (Å²) in [5.41, 5.74) is 0.988. The topological polar surface area (TPSA) is 24.7 Å². The van der Waals surface area contributed by atoms with E-state index in [2.05, 4.69) is 36.5 Å². The molecule has 0 amide bonds. The summed E-state index contributed by atoms with van der Waals surface area (Å²) < 4.78 is 0. The molecule has 0 heterocycles. The van der Waals surface area contributed by atoms with Crippen molar-refractivity contribution < 1.29 is 0 Å². The fraction of sp³-hybridized carbons (Fsp3) is 0.294. The Labute approximate surface area is 117 Å². The molecule has 0 aliphatic rings. The molecule has 0 aliphatic carbocycles. The monoisotopic (exact) mass is 256 g/mol. The molecule has 0 fully saturated rings. The summed E-state index contributed by atoms with van der Waals surface area (Å²) in [6.45, 7) is 9.72. The quantitative estimate of drug-likeness (QED) is 0.436. The first-order chi connectivity index (χ1) is 9.22. The number of hydrogen-bond donors (Lipinski definition) is 0. The van der Waals surface area contributed by atoms with E-state index >= 15 is 0 Å². The first-order valence-corrected chi connectivity index (χ1v) is 6.53. The normalized spacial score (nSPS) is 14.2. The summed E-state index contributed by atoms with van der Waals surface area (Å²) >= 11 is 0. The summed E-state index contributed by atoms with van der Waals surface area (Å²) in [5.74, 6) is 0.386. The maximum Gasteiger partial charge on any atom is 0.0607 e. The van der Waals surface area contributed by atoms with Gasteiger partial charge in [-0.25, -0.2) is 0 Å². The van der Waals surface area contributed by atoms with Crippen molar-refractivity contribution in [3.63, 3.8) is 0 Å². The number of hydrogen-bond acceptors (Lipinski definition) is 2. The van der Waals surface area contributed by atoms with Crippen molar-refractivity contribution in [3.05, 3.63) is 61.0 Å². The van der Waals surface area contributed by atoms with Gasteiger partial charge in [-0.3, -0.25) is 9.98 Å². The third-order valence-electron chi connectivity index (χ3n) is 2.15. The van der Waals surface area contributed by atoms with Crippen molar-refractivity contribution in [2.45, 2.75) is 27.2 Å². The minimum absolute atomic E-state index is 0.386. The van der Waals surface area contributed by atoms with Crippen LogP contribution in [-0.2, 0) is 0 Å². The van der Waals surface area contributed by atoms with Gasteiger partial charge in [0.05, 0.1) is 5.70 Å². The summed E-state index contributed by atoms with van der Waals surface area (Å²) in [7, 11) is 0. The van der Waals surface area contributed by atoms with Gasteiger partial charge in [0.2, 0.25) is 0 Å². The SMILES string of the molecule is C=C/C=C/C=C/C/C=C/C=N\C=C(/N=C\C)C(C)C. The van der Waals surface area contributed by atoms with Gasteiger partial charge in [-0.15, -0.1) is 0 Å². The van der Waals surface area contributed by atoms with Crippen molar-refractivity contribution in [2.24, 2.45) is 15.9 Å². The molecular weight excluding hydrogens is 232 g/mol. The van der Waals surface area contributed by atoms with Gasteiger partial charge in [-0.1, -0.05) is 56.9 Å². The predicted octanol–water partition coefficient (Wildman–Crippen LogP) is 4.89. The zero-order chi connectivity index (χ0) is 14.3. The molecule has 2 nitrogen and oxygen atoms in total. The van der Waals surface area contributed by atoms with Gasteiger partial charge in [0.25, 0.3) is 0 Å². The van der Waals surface area contributed by atoms with Crippen LogP contribution in [0.15, 0.2) is 71.0 Å². The maximum atomic E-state index is 4.27. The summed E-state index contributed by atoms with van der Waals surface area (Å²) in [6, 6.07) is 0. The fourth-order valence-corrected chi connectivity index (χ4v) is 1.17. The highest BCUT2D eigenvalue weighted by Gasteiger charge is 1.97. The number of rotatable bonds is 8. The van der Waals surface area contributed by atoms with Gasteiger partial charge in [0.1, 0.15) is 0 Å². The Bertz CT molecular complexity index is 405. The van der Waals surface area contributed by atoms with Crippen LogP contribution in [0.25, 0.3) is 0 Å². The third-order valence-corrected chi connectivity index (χ3v) is 2.15.